The standard InChI is InChI=1S/C15H22N2O2/c18-15(12-16-11-13-7-8-13)17-9-4-10-19-14-5-2-1-3-6-14/h1-3,5-6,13,16H,4,7-12H2,(H,17,18). The fourth-order valence-corrected chi connectivity index (χ4v) is 1.78. The molecule has 0 bridgehead atoms. The van der Waals surface area contributed by atoms with Crippen LogP contribution in [-0.2, 0) is 4.79 Å². The van der Waals surface area contributed by atoms with E-state index in [4.69, 9.17) is 4.74 Å². The topological polar surface area (TPSA) is 50.4 Å². The second-order valence-electron chi connectivity index (χ2n) is 4.94. The third-order valence-electron chi connectivity index (χ3n) is 3.07. The fraction of sp³-hybridized carbons (Fsp3) is 0.533. The molecule has 19 heavy (non-hydrogen) atoms. The SMILES string of the molecule is O=C(CNCC1CC1)NCCCOc1ccccc1. The second kappa shape index (κ2) is 7.79. The van der Waals surface area contributed by atoms with E-state index in [1.165, 1.54) is 12.8 Å². The number of rotatable bonds is 9. The third-order valence-corrected chi connectivity index (χ3v) is 3.07. The van der Waals surface area contributed by atoms with E-state index in [9.17, 15) is 4.79 Å². The van der Waals surface area contributed by atoms with E-state index in [0.717, 1.165) is 24.6 Å². The number of hydrogen-bond acceptors (Lipinski definition) is 3. The zero-order valence-electron chi connectivity index (χ0n) is 11.2. The normalized spacial score (nSPS) is 14.1. The summed E-state index contributed by atoms with van der Waals surface area (Å²) in [6.45, 7) is 2.69. The fourth-order valence-electron chi connectivity index (χ4n) is 1.78. The van der Waals surface area contributed by atoms with Crippen LogP contribution in [0.5, 0.6) is 5.75 Å². The van der Waals surface area contributed by atoms with Crippen LogP contribution in [-0.4, -0.2) is 32.1 Å². The molecule has 1 amide bonds. The number of carbonyl (C=O) groups excluding carboxylic acids is 1. The molecular weight excluding hydrogens is 240 g/mol. The van der Waals surface area contributed by atoms with Crippen LogP contribution in [0.2, 0.25) is 0 Å². The van der Waals surface area contributed by atoms with E-state index in [1.807, 2.05) is 30.3 Å². The molecule has 2 rings (SSSR count). The van der Waals surface area contributed by atoms with E-state index in [1.54, 1.807) is 0 Å². The van der Waals surface area contributed by atoms with Crippen molar-refractivity contribution in [1.82, 2.24) is 10.6 Å². The summed E-state index contributed by atoms with van der Waals surface area (Å²) < 4.78 is 5.54. The molecular formula is C15H22N2O2. The summed E-state index contributed by atoms with van der Waals surface area (Å²) in [7, 11) is 0. The van der Waals surface area contributed by atoms with Crippen molar-refractivity contribution < 1.29 is 9.53 Å². The summed E-state index contributed by atoms with van der Waals surface area (Å²) in [5.41, 5.74) is 0. The first kappa shape index (κ1) is 13.9. The largest absolute Gasteiger partial charge is 0.494 e. The Kier molecular flexibility index (Phi) is 5.69. The Morgan fingerprint density at radius 1 is 1.26 bits per heavy atom. The van der Waals surface area contributed by atoms with E-state index < -0.39 is 0 Å². The minimum atomic E-state index is 0.0698. The van der Waals surface area contributed by atoms with Crippen molar-refractivity contribution in [3.8, 4) is 5.75 Å². The lowest BCUT2D eigenvalue weighted by Crippen LogP contribution is -2.35. The Labute approximate surface area is 114 Å². The van der Waals surface area contributed by atoms with Gasteiger partial charge >= 0.3 is 0 Å². The quantitative estimate of drug-likeness (QED) is 0.664. The first-order valence-electron chi connectivity index (χ1n) is 7.00. The lowest BCUT2D eigenvalue weighted by atomic mass is 10.3. The Bertz CT molecular complexity index is 377. The van der Waals surface area contributed by atoms with Gasteiger partial charge in [0.1, 0.15) is 5.75 Å². The molecule has 1 aromatic carbocycles. The van der Waals surface area contributed by atoms with Crippen LogP contribution >= 0.6 is 0 Å². The predicted molar refractivity (Wildman–Crippen MR) is 75.2 cm³/mol. The van der Waals surface area contributed by atoms with Gasteiger partial charge in [-0.2, -0.15) is 0 Å². The Hall–Kier alpha value is -1.55. The molecule has 0 saturated heterocycles. The Morgan fingerprint density at radius 2 is 2.05 bits per heavy atom. The maximum Gasteiger partial charge on any atom is 0.233 e. The first-order valence-corrected chi connectivity index (χ1v) is 7.00. The van der Waals surface area contributed by atoms with Gasteiger partial charge in [0.25, 0.3) is 0 Å². The Morgan fingerprint density at radius 3 is 2.79 bits per heavy atom. The number of nitrogens with one attached hydrogen (secondary N) is 2. The van der Waals surface area contributed by atoms with Gasteiger partial charge in [-0.05, 0) is 43.9 Å². The van der Waals surface area contributed by atoms with Crippen LogP contribution in [0.25, 0.3) is 0 Å². The highest BCUT2D eigenvalue weighted by atomic mass is 16.5. The van der Waals surface area contributed by atoms with Crippen LogP contribution < -0.4 is 15.4 Å². The van der Waals surface area contributed by atoms with Crippen LogP contribution in [0.1, 0.15) is 19.3 Å². The molecule has 1 aliphatic carbocycles. The summed E-state index contributed by atoms with van der Waals surface area (Å²) in [6, 6.07) is 9.72. The lowest BCUT2D eigenvalue weighted by molar-refractivity contribution is -0.120. The molecule has 0 unspecified atom stereocenters. The number of hydrogen-bond donors (Lipinski definition) is 2. The van der Waals surface area contributed by atoms with Crippen LogP contribution in [0.3, 0.4) is 0 Å². The number of benzene rings is 1. The van der Waals surface area contributed by atoms with Gasteiger partial charge in [0.15, 0.2) is 0 Å². The molecule has 1 aliphatic rings. The van der Waals surface area contributed by atoms with Crippen molar-refractivity contribution in [2.24, 2.45) is 5.92 Å². The summed E-state index contributed by atoms with van der Waals surface area (Å²) in [4.78, 5) is 11.5. The van der Waals surface area contributed by atoms with Crippen molar-refractivity contribution in [2.45, 2.75) is 19.3 Å². The second-order valence-corrected chi connectivity index (χ2v) is 4.94. The average molecular weight is 262 g/mol. The molecule has 0 heterocycles. The summed E-state index contributed by atoms with van der Waals surface area (Å²) >= 11 is 0. The van der Waals surface area contributed by atoms with Gasteiger partial charge in [0, 0.05) is 6.54 Å². The van der Waals surface area contributed by atoms with Gasteiger partial charge in [0.05, 0.1) is 13.2 Å². The predicted octanol–water partition coefficient (Wildman–Crippen LogP) is 1.57. The van der Waals surface area contributed by atoms with Crippen LogP contribution in [0, 0.1) is 5.92 Å². The smallest absolute Gasteiger partial charge is 0.233 e. The molecule has 2 N–H and O–H groups in total. The summed E-state index contributed by atoms with van der Waals surface area (Å²) in [5.74, 6) is 1.76. The molecule has 104 valence electrons. The highest BCUT2D eigenvalue weighted by Gasteiger charge is 2.20. The van der Waals surface area contributed by atoms with Crippen molar-refractivity contribution in [3.05, 3.63) is 30.3 Å². The highest BCUT2D eigenvalue weighted by molar-refractivity contribution is 5.77. The average Bonchev–Trinajstić information content (AvgIpc) is 3.24. The first-order chi connectivity index (χ1) is 9.34. The number of amides is 1. The lowest BCUT2D eigenvalue weighted by Gasteiger charge is -2.07. The van der Waals surface area contributed by atoms with Crippen molar-refractivity contribution in [2.75, 3.05) is 26.2 Å². The van der Waals surface area contributed by atoms with Crippen LogP contribution in [0.15, 0.2) is 30.3 Å². The van der Waals surface area contributed by atoms with E-state index in [-0.39, 0.29) is 5.91 Å². The molecule has 1 fully saturated rings. The van der Waals surface area contributed by atoms with Crippen molar-refractivity contribution >= 4 is 5.91 Å². The van der Waals surface area contributed by atoms with Gasteiger partial charge in [-0.1, -0.05) is 18.2 Å². The molecule has 0 aromatic heterocycles. The summed E-state index contributed by atoms with van der Waals surface area (Å²) in [6.07, 6.45) is 3.44. The number of para-hydroxylation sites is 1. The monoisotopic (exact) mass is 262 g/mol. The molecule has 1 saturated carbocycles. The maximum atomic E-state index is 11.5. The van der Waals surface area contributed by atoms with Crippen molar-refractivity contribution in [3.63, 3.8) is 0 Å². The minimum Gasteiger partial charge on any atom is -0.494 e. The maximum absolute atomic E-state index is 11.5. The minimum absolute atomic E-state index is 0.0698. The highest BCUT2D eigenvalue weighted by Crippen LogP contribution is 2.27. The van der Waals surface area contributed by atoms with E-state index in [2.05, 4.69) is 10.6 Å². The van der Waals surface area contributed by atoms with Gasteiger partial charge in [-0.25, -0.2) is 0 Å². The van der Waals surface area contributed by atoms with Gasteiger partial charge in [-0.15, -0.1) is 0 Å². The van der Waals surface area contributed by atoms with Gasteiger partial charge in [-0.3, -0.25) is 4.79 Å². The van der Waals surface area contributed by atoms with Crippen molar-refractivity contribution in [1.29, 1.82) is 0 Å². The van der Waals surface area contributed by atoms with E-state index in [0.29, 0.717) is 19.7 Å². The molecule has 0 radical (unpaired) electrons. The van der Waals surface area contributed by atoms with Crippen LogP contribution in [0.4, 0.5) is 0 Å². The molecule has 4 nitrogen and oxygen atoms in total. The molecule has 1 aromatic rings. The third kappa shape index (κ3) is 6.25. The summed E-state index contributed by atoms with van der Waals surface area (Å²) in [5, 5.41) is 6.05. The number of carbonyl (C=O) groups is 1. The molecule has 0 spiro atoms. The molecule has 4 heteroatoms. The zero-order chi connectivity index (χ0) is 13.3. The van der Waals surface area contributed by atoms with Gasteiger partial charge in [0.2, 0.25) is 5.91 Å². The van der Waals surface area contributed by atoms with E-state index >= 15 is 0 Å². The molecule has 0 atom stereocenters. The zero-order valence-corrected chi connectivity index (χ0v) is 11.2. The van der Waals surface area contributed by atoms with Gasteiger partial charge < -0.3 is 15.4 Å². The Balaban J connectivity index is 1.43. The number of ether oxygens (including phenoxy) is 1. The molecule has 0 aliphatic heterocycles.